The fourth-order valence-electron chi connectivity index (χ4n) is 1.30. The number of rotatable bonds is 4. The first-order chi connectivity index (χ1) is 8.93. The van der Waals surface area contributed by atoms with E-state index in [1.54, 1.807) is 0 Å². The van der Waals surface area contributed by atoms with Crippen LogP contribution < -0.4 is 4.74 Å². The minimum atomic E-state index is -1.68. The van der Waals surface area contributed by atoms with Gasteiger partial charge >= 0.3 is 5.97 Å². The Balaban J connectivity index is 3.26. The van der Waals surface area contributed by atoms with Gasteiger partial charge in [0, 0.05) is 6.08 Å². The molecule has 1 aromatic rings. The van der Waals surface area contributed by atoms with Crippen LogP contribution in [0.1, 0.15) is 12.5 Å². The molecule has 0 spiro atoms. The lowest BCUT2D eigenvalue weighted by Crippen LogP contribution is -2.04. The standard InChI is InChI=1S/C12H10F4O3/c1-3-19-7(17)5-4-6-8(13)10(15)12(18-2)11(16)9(6)14/h4-5H,3H2,1-2H3/b5-4+. The normalized spacial score (nSPS) is 10.8. The molecule has 1 rings (SSSR count). The number of esters is 1. The lowest BCUT2D eigenvalue weighted by molar-refractivity contribution is -0.137. The van der Waals surface area contributed by atoms with Crippen LogP contribution in [0.4, 0.5) is 17.6 Å². The Labute approximate surface area is 106 Å². The molecule has 0 saturated carbocycles. The molecule has 0 atom stereocenters. The van der Waals surface area contributed by atoms with Crippen LogP contribution in [-0.4, -0.2) is 19.7 Å². The smallest absolute Gasteiger partial charge is 0.330 e. The molecule has 0 N–H and O–H groups in total. The van der Waals surface area contributed by atoms with Crippen LogP contribution >= 0.6 is 0 Å². The molecule has 0 aliphatic carbocycles. The van der Waals surface area contributed by atoms with E-state index in [1.165, 1.54) is 6.92 Å². The molecule has 1 aromatic carbocycles. The van der Waals surface area contributed by atoms with Gasteiger partial charge in [-0.1, -0.05) is 0 Å². The average molecular weight is 278 g/mol. The summed E-state index contributed by atoms with van der Waals surface area (Å²) in [6.45, 7) is 1.58. The molecular weight excluding hydrogens is 268 g/mol. The van der Waals surface area contributed by atoms with Crippen molar-refractivity contribution in [1.29, 1.82) is 0 Å². The zero-order chi connectivity index (χ0) is 14.6. The van der Waals surface area contributed by atoms with Crippen molar-refractivity contribution in [2.75, 3.05) is 13.7 Å². The predicted octanol–water partition coefficient (Wildman–Crippen LogP) is 2.83. The van der Waals surface area contributed by atoms with E-state index in [0.29, 0.717) is 12.2 Å². The highest BCUT2D eigenvalue weighted by atomic mass is 19.2. The van der Waals surface area contributed by atoms with Crippen molar-refractivity contribution in [2.24, 2.45) is 0 Å². The second kappa shape index (κ2) is 6.21. The van der Waals surface area contributed by atoms with Crippen molar-refractivity contribution in [2.45, 2.75) is 6.92 Å². The average Bonchev–Trinajstić information content (AvgIpc) is 2.37. The Bertz CT molecular complexity index is 497. The maximum Gasteiger partial charge on any atom is 0.330 e. The molecule has 0 aromatic heterocycles. The molecule has 7 heteroatoms. The van der Waals surface area contributed by atoms with Gasteiger partial charge in [-0.15, -0.1) is 0 Å². The summed E-state index contributed by atoms with van der Waals surface area (Å²) in [5.41, 5.74) is -1.02. The molecular formula is C12H10F4O3. The molecule has 0 radical (unpaired) electrons. The van der Waals surface area contributed by atoms with Crippen LogP contribution in [0.15, 0.2) is 6.08 Å². The number of methoxy groups -OCH3 is 1. The lowest BCUT2D eigenvalue weighted by Gasteiger charge is -2.08. The zero-order valence-corrected chi connectivity index (χ0v) is 10.1. The van der Waals surface area contributed by atoms with Crippen LogP contribution in [0.5, 0.6) is 5.75 Å². The molecule has 104 valence electrons. The van der Waals surface area contributed by atoms with E-state index >= 15 is 0 Å². The van der Waals surface area contributed by atoms with Gasteiger partial charge in [-0.25, -0.2) is 13.6 Å². The van der Waals surface area contributed by atoms with E-state index in [1.807, 2.05) is 0 Å². The minimum Gasteiger partial charge on any atom is -0.491 e. The first-order valence-electron chi connectivity index (χ1n) is 5.18. The molecule has 0 bridgehead atoms. The van der Waals surface area contributed by atoms with Gasteiger partial charge in [-0.2, -0.15) is 8.78 Å². The monoisotopic (exact) mass is 278 g/mol. The van der Waals surface area contributed by atoms with E-state index in [2.05, 4.69) is 9.47 Å². The highest BCUT2D eigenvalue weighted by Crippen LogP contribution is 2.30. The zero-order valence-electron chi connectivity index (χ0n) is 10.1. The minimum absolute atomic E-state index is 0.0550. The summed E-state index contributed by atoms with van der Waals surface area (Å²) in [6.07, 6.45) is 1.25. The van der Waals surface area contributed by atoms with Crippen LogP contribution in [0.25, 0.3) is 6.08 Å². The number of hydrogen-bond acceptors (Lipinski definition) is 3. The van der Waals surface area contributed by atoms with Crippen LogP contribution in [-0.2, 0) is 9.53 Å². The molecule has 0 amide bonds. The third-order valence-electron chi connectivity index (χ3n) is 2.13. The van der Waals surface area contributed by atoms with E-state index in [9.17, 15) is 22.4 Å². The largest absolute Gasteiger partial charge is 0.491 e. The Morgan fingerprint density at radius 3 is 2.05 bits per heavy atom. The summed E-state index contributed by atoms with van der Waals surface area (Å²) in [5.74, 6) is -8.72. The molecule has 0 unspecified atom stereocenters. The van der Waals surface area contributed by atoms with Crippen LogP contribution in [0.2, 0.25) is 0 Å². The predicted molar refractivity (Wildman–Crippen MR) is 58.5 cm³/mol. The van der Waals surface area contributed by atoms with Crippen LogP contribution in [0, 0.1) is 23.3 Å². The topological polar surface area (TPSA) is 35.5 Å². The molecule has 0 aliphatic heterocycles. The number of benzene rings is 1. The summed E-state index contributed by atoms with van der Waals surface area (Å²) in [7, 11) is 0.870. The summed E-state index contributed by atoms with van der Waals surface area (Å²) < 4.78 is 62.2. The highest BCUT2D eigenvalue weighted by Gasteiger charge is 2.24. The van der Waals surface area contributed by atoms with Crippen molar-refractivity contribution in [1.82, 2.24) is 0 Å². The van der Waals surface area contributed by atoms with Crippen molar-refractivity contribution >= 4 is 12.0 Å². The van der Waals surface area contributed by atoms with Gasteiger partial charge in [-0.3, -0.25) is 0 Å². The maximum absolute atomic E-state index is 13.5. The first kappa shape index (κ1) is 15.0. The molecule has 0 saturated heterocycles. The Kier molecular flexibility index (Phi) is 4.91. The maximum atomic E-state index is 13.5. The highest BCUT2D eigenvalue weighted by molar-refractivity contribution is 5.87. The van der Waals surface area contributed by atoms with Crippen molar-refractivity contribution in [3.8, 4) is 5.75 Å². The van der Waals surface area contributed by atoms with E-state index in [0.717, 1.165) is 7.11 Å². The van der Waals surface area contributed by atoms with Gasteiger partial charge in [0.25, 0.3) is 0 Å². The molecule has 0 aliphatic rings. The van der Waals surface area contributed by atoms with Crippen molar-refractivity contribution in [3.63, 3.8) is 0 Å². The molecule has 0 fully saturated rings. The Morgan fingerprint density at radius 2 is 1.63 bits per heavy atom. The lowest BCUT2D eigenvalue weighted by atomic mass is 10.1. The second-order valence-electron chi connectivity index (χ2n) is 3.29. The number of hydrogen-bond donors (Lipinski definition) is 0. The summed E-state index contributed by atoms with van der Waals surface area (Å²) >= 11 is 0. The summed E-state index contributed by atoms with van der Waals surface area (Å²) in [4.78, 5) is 11.0. The first-order valence-corrected chi connectivity index (χ1v) is 5.18. The SMILES string of the molecule is CCOC(=O)/C=C/c1c(F)c(F)c(OC)c(F)c1F. The van der Waals surface area contributed by atoms with Crippen LogP contribution in [0.3, 0.4) is 0 Å². The van der Waals surface area contributed by atoms with Gasteiger partial charge in [-0.05, 0) is 13.0 Å². The Hall–Kier alpha value is -2.05. The van der Waals surface area contributed by atoms with Crippen molar-refractivity contribution in [3.05, 3.63) is 34.9 Å². The van der Waals surface area contributed by atoms with Crippen molar-refractivity contribution < 1.29 is 31.8 Å². The summed E-state index contributed by atoms with van der Waals surface area (Å²) in [5, 5.41) is 0. The third kappa shape index (κ3) is 3.04. The van der Waals surface area contributed by atoms with Gasteiger partial charge in [0.05, 0.1) is 19.3 Å². The van der Waals surface area contributed by atoms with E-state index in [4.69, 9.17) is 0 Å². The fraction of sp³-hybridized carbons (Fsp3) is 0.250. The number of carbonyl (C=O) groups excluding carboxylic acids is 1. The number of halogens is 4. The number of ether oxygens (including phenoxy) is 2. The molecule has 19 heavy (non-hydrogen) atoms. The number of carbonyl (C=O) groups is 1. The van der Waals surface area contributed by atoms with E-state index in [-0.39, 0.29) is 6.61 Å². The van der Waals surface area contributed by atoms with E-state index < -0.39 is 40.6 Å². The van der Waals surface area contributed by atoms with Gasteiger partial charge in [0.1, 0.15) is 0 Å². The quantitative estimate of drug-likeness (QED) is 0.368. The molecule has 0 heterocycles. The second-order valence-corrected chi connectivity index (χ2v) is 3.29. The fourth-order valence-corrected chi connectivity index (χ4v) is 1.30. The Morgan fingerprint density at radius 1 is 1.11 bits per heavy atom. The van der Waals surface area contributed by atoms with Gasteiger partial charge < -0.3 is 9.47 Å². The summed E-state index contributed by atoms with van der Waals surface area (Å²) in [6, 6.07) is 0. The third-order valence-corrected chi connectivity index (χ3v) is 2.13. The van der Waals surface area contributed by atoms with Gasteiger partial charge in [0.15, 0.2) is 17.4 Å². The molecule has 3 nitrogen and oxygen atoms in total. The van der Waals surface area contributed by atoms with Gasteiger partial charge in [0.2, 0.25) is 11.6 Å².